The molecule has 0 amide bonds. The molecule has 2 saturated carbocycles. The topological polar surface area (TPSA) is 29.3 Å². The average Bonchev–Trinajstić information content (AvgIpc) is 2.88. The van der Waals surface area contributed by atoms with E-state index in [0.717, 1.165) is 18.5 Å². The number of likely N-dealkylation sites (tertiary alicyclic amines) is 1. The number of fused-ring (bicyclic) bond motifs is 1. The third-order valence-electron chi connectivity index (χ3n) is 6.27. The van der Waals surface area contributed by atoms with Crippen molar-refractivity contribution in [2.24, 2.45) is 11.7 Å². The lowest BCUT2D eigenvalue weighted by Crippen LogP contribution is -2.60. The van der Waals surface area contributed by atoms with Crippen LogP contribution in [0.4, 0.5) is 0 Å². The molecule has 3 aliphatic rings. The van der Waals surface area contributed by atoms with Gasteiger partial charge in [-0.05, 0) is 51.0 Å². The molecule has 0 aromatic rings. The maximum Gasteiger partial charge on any atom is 0.0334 e. The summed E-state index contributed by atoms with van der Waals surface area (Å²) in [6.07, 6.45) is 17.2. The van der Waals surface area contributed by atoms with Crippen LogP contribution in [0.2, 0.25) is 0 Å². The van der Waals surface area contributed by atoms with E-state index in [-0.39, 0.29) is 0 Å². The Hall–Kier alpha value is -0.0800. The van der Waals surface area contributed by atoms with Crippen molar-refractivity contribution >= 4 is 0 Å². The van der Waals surface area contributed by atoms with Gasteiger partial charge >= 0.3 is 0 Å². The van der Waals surface area contributed by atoms with Crippen molar-refractivity contribution in [2.45, 2.75) is 88.6 Å². The van der Waals surface area contributed by atoms with E-state index in [1.54, 1.807) is 0 Å². The summed E-state index contributed by atoms with van der Waals surface area (Å²) in [6, 6.07) is 0.886. The molecular formula is C17H32N2. The Labute approximate surface area is 119 Å². The van der Waals surface area contributed by atoms with Crippen molar-refractivity contribution in [3.63, 3.8) is 0 Å². The molecule has 2 N–H and O–H groups in total. The summed E-state index contributed by atoms with van der Waals surface area (Å²) in [4.78, 5) is 2.92. The fourth-order valence-corrected chi connectivity index (χ4v) is 5.21. The smallest absolute Gasteiger partial charge is 0.0334 e. The van der Waals surface area contributed by atoms with Crippen molar-refractivity contribution in [1.82, 2.24) is 4.90 Å². The number of hydrogen-bond donors (Lipinski definition) is 1. The van der Waals surface area contributed by atoms with Crippen LogP contribution in [0, 0.1) is 5.92 Å². The second-order valence-electron chi connectivity index (χ2n) is 7.29. The Kier molecular flexibility index (Phi) is 4.48. The van der Waals surface area contributed by atoms with Gasteiger partial charge in [0.1, 0.15) is 0 Å². The molecule has 1 saturated heterocycles. The van der Waals surface area contributed by atoms with E-state index in [1.165, 1.54) is 83.6 Å². The van der Waals surface area contributed by atoms with Crippen LogP contribution in [0.25, 0.3) is 0 Å². The summed E-state index contributed by atoms with van der Waals surface area (Å²) in [6.45, 7) is 2.23. The van der Waals surface area contributed by atoms with Gasteiger partial charge in [-0.3, -0.25) is 4.90 Å². The fourth-order valence-electron chi connectivity index (χ4n) is 5.21. The zero-order chi connectivity index (χ0) is 13.1. The second-order valence-corrected chi connectivity index (χ2v) is 7.29. The first-order chi connectivity index (χ1) is 9.36. The standard InChI is InChI=1S/C17H32N2/c18-14-17(11-4-2-1-3-5-12-17)19-13-7-9-15-8-6-10-16(15)19/h15-16H,1-14,18H2. The molecule has 0 radical (unpaired) electrons. The van der Waals surface area contributed by atoms with E-state index in [1.807, 2.05) is 0 Å². The van der Waals surface area contributed by atoms with Crippen LogP contribution in [-0.4, -0.2) is 29.6 Å². The van der Waals surface area contributed by atoms with Gasteiger partial charge in [0.15, 0.2) is 0 Å². The van der Waals surface area contributed by atoms with E-state index in [9.17, 15) is 0 Å². The molecule has 19 heavy (non-hydrogen) atoms. The quantitative estimate of drug-likeness (QED) is 0.824. The first-order valence-corrected chi connectivity index (χ1v) is 8.83. The van der Waals surface area contributed by atoms with Crippen LogP contribution < -0.4 is 5.73 Å². The van der Waals surface area contributed by atoms with Crippen molar-refractivity contribution in [3.8, 4) is 0 Å². The Morgan fingerprint density at radius 3 is 2.26 bits per heavy atom. The summed E-state index contributed by atoms with van der Waals surface area (Å²) in [7, 11) is 0. The van der Waals surface area contributed by atoms with Crippen LogP contribution >= 0.6 is 0 Å². The molecule has 1 heterocycles. The molecule has 0 aromatic heterocycles. The predicted octanol–water partition coefficient (Wildman–Crippen LogP) is 3.69. The first kappa shape index (κ1) is 13.9. The second kappa shape index (κ2) is 6.13. The fraction of sp³-hybridized carbons (Fsp3) is 1.00. The number of piperidine rings is 1. The molecule has 3 fully saturated rings. The number of nitrogens with two attached hydrogens (primary N) is 1. The van der Waals surface area contributed by atoms with Crippen molar-refractivity contribution in [2.75, 3.05) is 13.1 Å². The van der Waals surface area contributed by atoms with Gasteiger partial charge in [0.25, 0.3) is 0 Å². The Morgan fingerprint density at radius 2 is 1.53 bits per heavy atom. The van der Waals surface area contributed by atoms with Crippen LogP contribution in [0.3, 0.4) is 0 Å². The minimum Gasteiger partial charge on any atom is -0.329 e. The summed E-state index contributed by atoms with van der Waals surface area (Å²) in [5.74, 6) is 1.00. The van der Waals surface area contributed by atoms with Crippen LogP contribution in [0.15, 0.2) is 0 Å². The van der Waals surface area contributed by atoms with E-state index >= 15 is 0 Å². The predicted molar refractivity (Wildman–Crippen MR) is 81.2 cm³/mol. The molecule has 1 aliphatic heterocycles. The molecule has 0 spiro atoms. The zero-order valence-corrected chi connectivity index (χ0v) is 12.6. The van der Waals surface area contributed by atoms with Gasteiger partial charge in [0, 0.05) is 18.1 Å². The normalized spacial score (nSPS) is 36.5. The molecule has 2 heteroatoms. The molecule has 0 bridgehead atoms. The Bertz CT molecular complexity index is 281. The van der Waals surface area contributed by atoms with Crippen LogP contribution in [-0.2, 0) is 0 Å². The van der Waals surface area contributed by atoms with E-state index in [0.29, 0.717) is 5.54 Å². The Balaban J connectivity index is 1.78. The lowest BCUT2D eigenvalue weighted by molar-refractivity contribution is -0.0120. The summed E-state index contributed by atoms with van der Waals surface area (Å²) >= 11 is 0. The van der Waals surface area contributed by atoms with Gasteiger partial charge in [-0.2, -0.15) is 0 Å². The monoisotopic (exact) mass is 264 g/mol. The number of rotatable bonds is 2. The van der Waals surface area contributed by atoms with E-state index < -0.39 is 0 Å². The first-order valence-electron chi connectivity index (χ1n) is 8.83. The summed E-state index contributed by atoms with van der Waals surface area (Å²) < 4.78 is 0. The van der Waals surface area contributed by atoms with Gasteiger partial charge < -0.3 is 5.73 Å². The van der Waals surface area contributed by atoms with Gasteiger partial charge in [-0.1, -0.05) is 38.5 Å². The molecular weight excluding hydrogens is 232 g/mol. The average molecular weight is 264 g/mol. The Morgan fingerprint density at radius 1 is 0.842 bits per heavy atom. The highest BCUT2D eigenvalue weighted by Gasteiger charge is 2.44. The van der Waals surface area contributed by atoms with Crippen LogP contribution in [0.5, 0.6) is 0 Å². The highest BCUT2D eigenvalue weighted by Crippen LogP contribution is 2.43. The van der Waals surface area contributed by atoms with Crippen molar-refractivity contribution in [1.29, 1.82) is 0 Å². The summed E-state index contributed by atoms with van der Waals surface area (Å²) in [5, 5.41) is 0. The summed E-state index contributed by atoms with van der Waals surface area (Å²) in [5.41, 5.74) is 6.70. The third-order valence-corrected chi connectivity index (χ3v) is 6.27. The number of nitrogens with zero attached hydrogens (tertiary/aromatic N) is 1. The molecule has 110 valence electrons. The molecule has 2 aliphatic carbocycles. The van der Waals surface area contributed by atoms with E-state index in [2.05, 4.69) is 4.90 Å². The lowest BCUT2D eigenvalue weighted by atomic mass is 9.78. The van der Waals surface area contributed by atoms with Gasteiger partial charge in [-0.25, -0.2) is 0 Å². The van der Waals surface area contributed by atoms with Crippen molar-refractivity contribution in [3.05, 3.63) is 0 Å². The van der Waals surface area contributed by atoms with E-state index in [4.69, 9.17) is 5.73 Å². The SMILES string of the molecule is NCC1(N2CCCC3CCCC32)CCCCCCC1. The highest BCUT2D eigenvalue weighted by atomic mass is 15.2. The van der Waals surface area contributed by atoms with Crippen molar-refractivity contribution < 1.29 is 0 Å². The molecule has 2 unspecified atom stereocenters. The lowest BCUT2D eigenvalue weighted by Gasteiger charge is -2.51. The molecule has 0 aromatic carbocycles. The minimum absolute atomic E-state index is 0.369. The minimum atomic E-state index is 0.369. The molecule has 3 rings (SSSR count). The maximum absolute atomic E-state index is 6.33. The molecule has 2 atom stereocenters. The zero-order valence-electron chi connectivity index (χ0n) is 12.6. The van der Waals surface area contributed by atoms with Gasteiger partial charge in [0.05, 0.1) is 0 Å². The number of hydrogen-bond acceptors (Lipinski definition) is 2. The maximum atomic E-state index is 6.33. The third kappa shape index (κ3) is 2.71. The van der Waals surface area contributed by atoms with Crippen LogP contribution in [0.1, 0.15) is 77.0 Å². The van der Waals surface area contributed by atoms with Gasteiger partial charge in [-0.15, -0.1) is 0 Å². The molecule has 2 nitrogen and oxygen atoms in total. The highest BCUT2D eigenvalue weighted by molar-refractivity contribution is 5.00. The van der Waals surface area contributed by atoms with Gasteiger partial charge in [0.2, 0.25) is 0 Å². The largest absolute Gasteiger partial charge is 0.329 e.